The number of nitrogens with one attached hydrogen (secondary N) is 1. The van der Waals surface area contributed by atoms with Crippen molar-refractivity contribution in [3.8, 4) is 0 Å². The summed E-state index contributed by atoms with van der Waals surface area (Å²) in [6.45, 7) is 3.79. The second kappa shape index (κ2) is 5.59. The van der Waals surface area contributed by atoms with Gasteiger partial charge in [-0.2, -0.15) is 18.2 Å². The van der Waals surface area contributed by atoms with E-state index in [1.165, 1.54) is 0 Å². The number of benzene rings is 1. The first-order valence-corrected chi connectivity index (χ1v) is 6.30. The largest absolute Gasteiger partial charge is 0.433 e. The van der Waals surface area contributed by atoms with Gasteiger partial charge in [0.1, 0.15) is 5.82 Å². The van der Waals surface area contributed by atoms with E-state index in [1.807, 2.05) is 38.1 Å². The molecule has 0 amide bonds. The molecule has 2 rings (SSSR count). The molecule has 1 atom stereocenters. The molecule has 112 valence electrons. The van der Waals surface area contributed by atoms with Crippen LogP contribution in [0.5, 0.6) is 0 Å². The smallest absolute Gasteiger partial charge is 0.368 e. The third-order valence-electron chi connectivity index (χ3n) is 2.98. The van der Waals surface area contributed by atoms with Crippen LogP contribution in [-0.2, 0) is 6.18 Å². The molecule has 21 heavy (non-hydrogen) atoms. The lowest BCUT2D eigenvalue weighted by Gasteiger charge is -2.16. The molecule has 3 N–H and O–H groups in total. The normalized spacial score (nSPS) is 13.0. The molecule has 0 fully saturated rings. The highest BCUT2D eigenvalue weighted by molar-refractivity contribution is 5.43. The SMILES string of the molecule is Cc1ccc(C(C)Nc2cc(C(F)(F)F)nc(N)n2)cc1. The molecule has 1 aromatic heterocycles. The van der Waals surface area contributed by atoms with E-state index >= 15 is 0 Å². The van der Waals surface area contributed by atoms with Gasteiger partial charge in [0, 0.05) is 12.1 Å². The number of hydrogen-bond acceptors (Lipinski definition) is 4. The molecular weight excluding hydrogens is 281 g/mol. The van der Waals surface area contributed by atoms with Crippen molar-refractivity contribution in [2.75, 3.05) is 11.1 Å². The average Bonchev–Trinajstić information content (AvgIpc) is 2.37. The summed E-state index contributed by atoms with van der Waals surface area (Å²) >= 11 is 0. The number of alkyl halides is 3. The zero-order valence-corrected chi connectivity index (χ0v) is 11.6. The molecule has 0 radical (unpaired) electrons. The zero-order chi connectivity index (χ0) is 15.6. The third-order valence-corrected chi connectivity index (χ3v) is 2.98. The molecule has 0 spiro atoms. The van der Waals surface area contributed by atoms with Crippen LogP contribution in [0.1, 0.15) is 29.8 Å². The van der Waals surface area contributed by atoms with Crippen LogP contribution in [0.3, 0.4) is 0 Å². The van der Waals surface area contributed by atoms with E-state index in [0.29, 0.717) is 0 Å². The summed E-state index contributed by atoms with van der Waals surface area (Å²) in [4.78, 5) is 6.98. The predicted octanol–water partition coefficient (Wildman–Crippen LogP) is 3.56. The van der Waals surface area contributed by atoms with E-state index < -0.39 is 17.8 Å². The maximum atomic E-state index is 12.7. The van der Waals surface area contributed by atoms with E-state index in [0.717, 1.165) is 17.2 Å². The number of hydrogen-bond donors (Lipinski definition) is 2. The first kappa shape index (κ1) is 15.1. The van der Waals surface area contributed by atoms with Gasteiger partial charge in [0.2, 0.25) is 5.95 Å². The van der Waals surface area contributed by atoms with Gasteiger partial charge in [-0.1, -0.05) is 29.8 Å². The standard InChI is InChI=1S/C14H15F3N4/c1-8-3-5-10(6-4-8)9(2)19-12-7-11(14(15,16)17)20-13(18)21-12/h3-7,9H,1-2H3,(H3,18,19,20,21). The Labute approximate surface area is 120 Å². The molecule has 0 saturated carbocycles. The Kier molecular flexibility index (Phi) is 4.02. The van der Waals surface area contributed by atoms with E-state index in [2.05, 4.69) is 15.3 Å². The van der Waals surface area contributed by atoms with Crippen LogP contribution in [0.2, 0.25) is 0 Å². The molecule has 0 aliphatic carbocycles. The van der Waals surface area contributed by atoms with Crippen LogP contribution in [-0.4, -0.2) is 9.97 Å². The monoisotopic (exact) mass is 296 g/mol. The van der Waals surface area contributed by atoms with Gasteiger partial charge in [0.15, 0.2) is 5.69 Å². The minimum Gasteiger partial charge on any atom is -0.368 e. The van der Waals surface area contributed by atoms with Crippen LogP contribution < -0.4 is 11.1 Å². The predicted molar refractivity (Wildman–Crippen MR) is 74.7 cm³/mol. The molecule has 1 unspecified atom stereocenters. The quantitative estimate of drug-likeness (QED) is 0.909. The first-order valence-electron chi connectivity index (χ1n) is 6.30. The van der Waals surface area contributed by atoms with Crippen LogP contribution in [0.15, 0.2) is 30.3 Å². The molecule has 0 bridgehead atoms. The van der Waals surface area contributed by atoms with Gasteiger partial charge in [0.05, 0.1) is 0 Å². The van der Waals surface area contributed by atoms with E-state index in [1.54, 1.807) is 0 Å². The Balaban J connectivity index is 2.23. The van der Waals surface area contributed by atoms with Crippen molar-refractivity contribution in [3.63, 3.8) is 0 Å². The van der Waals surface area contributed by atoms with Crippen LogP contribution >= 0.6 is 0 Å². The summed E-state index contributed by atoms with van der Waals surface area (Å²) < 4.78 is 38.0. The summed E-state index contributed by atoms with van der Waals surface area (Å²) in [5, 5.41) is 2.90. The second-order valence-corrected chi connectivity index (χ2v) is 4.77. The van der Waals surface area contributed by atoms with Gasteiger partial charge in [-0.05, 0) is 19.4 Å². The molecule has 0 aliphatic heterocycles. The molecule has 7 heteroatoms. The molecule has 1 heterocycles. The van der Waals surface area contributed by atoms with E-state index in [4.69, 9.17) is 5.73 Å². The fourth-order valence-electron chi connectivity index (χ4n) is 1.85. The highest BCUT2D eigenvalue weighted by Crippen LogP contribution is 2.30. The Bertz CT molecular complexity index is 623. The average molecular weight is 296 g/mol. The molecular formula is C14H15F3N4. The van der Waals surface area contributed by atoms with Gasteiger partial charge in [0.25, 0.3) is 0 Å². The summed E-state index contributed by atoms with van der Waals surface area (Å²) in [6.07, 6.45) is -4.55. The van der Waals surface area contributed by atoms with Crippen LogP contribution in [0.4, 0.5) is 24.9 Å². The first-order chi connectivity index (χ1) is 9.75. The maximum absolute atomic E-state index is 12.7. The lowest BCUT2D eigenvalue weighted by molar-refractivity contribution is -0.141. The fraction of sp³-hybridized carbons (Fsp3) is 0.286. The number of aryl methyl sites for hydroxylation is 1. The van der Waals surface area contributed by atoms with Crippen molar-refractivity contribution in [2.45, 2.75) is 26.1 Å². The Morgan fingerprint density at radius 3 is 2.33 bits per heavy atom. The molecule has 1 aromatic carbocycles. The number of anilines is 2. The third kappa shape index (κ3) is 3.84. The molecule has 0 saturated heterocycles. The minimum atomic E-state index is -4.55. The minimum absolute atomic E-state index is 0.0444. The van der Waals surface area contributed by atoms with Gasteiger partial charge in [-0.3, -0.25) is 0 Å². The Hall–Kier alpha value is -2.31. The Morgan fingerprint density at radius 2 is 1.76 bits per heavy atom. The fourth-order valence-corrected chi connectivity index (χ4v) is 1.85. The highest BCUT2D eigenvalue weighted by Gasteiger charge is 2.33. The van der Waals surface area contributed by atoms with Gasteiger partial charge >= 0.3 is 6.18 Å². The van der Waals surface area contributed by atoms with E-state index in [-0.39, 0.29) is 11.9 Å². The number of aromatic nitrogens is 2. The Morgan fingerprint density at radius 1 is 1.14 bits per heavy atom. The summed E-state index contributed by atoms with van der Waals surface area (Å²) in [5.41, 5.74) is 6.31. The second-order valence-electron chi connectivity index (χ2n) is 4.77. The molecule has 2 aromatic rings. The van der Waals surface area contributed by atoms with Crippen molar-refractivity contribution in [2.24, 2.45) is 0 Å². The lowest BCUT2D eigenvalue weighted by atomic mass is 10.1. The number of nitrogen functional groups attached to an aromatic ring is 1. The molecule has 0 aliphatic rings. The number of nitrogens with zero attached hydrogens (tertiary/aromatic N) is 2. The highest BCUT2D eigenvalue weighted by atomic mass is 19.4. The van der Waals surface area contributed by atoms with Crippen LogP contribution in [0.25, 0.3) is 0 Å². The number of halogens is 3. The van der Waals surface area contributed by atoms with Crippen molar-refractivity contribution in [1.82, 2.24) is 9.97 Å². The van der Waals surface area contributed by atoms with Crippen molar-refractivity contribution >= 4 is 11.8 Å². The number of rotatable bonds is 3. The van der Waals surface area contributed by atoms with Crippen molar-refractivity contribution < 1.29 is 13.2 Å². The van der Waals surface area contributed by atoms with Gasteiger partial charge < -0.3 is 11.1 Å². The van der Waals surface area contributed by atoms with Crippen molar-refractivity contribution in [1.29, 1.82) is 0 Å². The topological polar surface area (TPSA) is 63.8 Å². The maximum Gasteiger partial charge on any atom is 0.433 e. The summed E-state index contributed by atoms with van der Waals surface area (Å²) in [5.74, 6) is -0.369. The van der Waals surface area contributed by atoms with Crippen molar-refractivity contribution in [3.05, 3.63) is 47.2 Å². The molecule has 4 nitrogen and oxygen atoms in total. The van der Waals surface area contributed by atoms with Gasteiger partial charge in [-0.15, -0.1) is 0 Å². The van der Waals surface area contributed by atoms with Crippen LogP contribution in [0, 0.1) is 6.92 Å². The lowest BCUT2D eigenvalue weighted by Crippen LogP contribution is -2.14. The summed E-state index contributed by atoms with van der Waals surface area (Å²) in [6, 6.07) is 8.32. The summed E-state index contributed by atoms with van der Waals surface area (Å²) in [7, 11) is 0. The zero-order valence-electron chi connectivity index (χ0n) is 11.6. The van der Waals surface area contributed by atoms with E-state index in [9.17, 15) is 13.2 Å². The van der Waals surface area contributed by atoms with Gasteiger partial charge in [-0.25, -0.2) is 4.98 Å². The number of nitrogens with two attached hydrogens (primary N) is 1.